The molecule has 9 atom stereocenters. The Labute approximate surface area is 363 Å². The number of aliphatic hydroxyl groups excluding tert-OH is 2. The highest BCUT2D eigenvalue weighted by Crippen LogP contribution is 2.54. The van der Waals surface area contributed by atoms with Crippen LogP contribution >= 0.6 is 0 Å². The number of aromatic hydroxyl groups is 2. The number of phenolic OH excluding ortho intramolecular Hbond substituents is 2. The first-order chi connectivity index (χ1) is 29.3. The number of aliphatic hydroxyl groups is 2. The Morgan fingerprint density at radius 1 is 0.968 bits per heavy atom. The van der Waals surface area contributed by atoms with E-state index in [2.05, 4.69) is 5.32 Å². The summed E-state index contributed by atoms with van der Waals surface area (Å²) < 4.78 is 30.0. The summed E-state index contributed by atoms with van der Waals surface area (Å²) in [6, 6.07) is 1.29. The number of hydrogen-bond donors (Lipinski definition) is 5. The number of ether oxygens (including phenoxy) is 5. The molecule has 4 aliphatic heterocycles. The van der Waals surface area contributed by atoms with Gasteiger partial charge in [-0.3, -0.25) is 24.2 Å². The molecule has 16 heteroatoms. The Balaban J connectivity index is 1.66. The van der Waals surface area contributed by atoms with E-state index < -0.39 is 89.6 Å². The van der Waals surface area contributed by atoms with Gasteiger partial charge < -0.3 is 49.4 Å². The minimum absolute atomic E-state index is 0.0530. The number of hydrazine groups is 1. The normalized spacial score (nSPS) is 30.7. The van der Waals surface area contributed by atoms with Gasteiger partial charge in [-0.2, -0.15) is 0 Å². The van der Waals surface area contributed by atoms with Gasteiger partial charge in [0.25, 0.3) is 17.6 Å². The second-order valence-electron chi connectivity index (χ2n) is 16.8. The van der Waals surface area contributed by atoms with Gasteiger partial charge in [0, 0.05) is 86.9 Å². The number of rotatable bonds is 7. The highest BCUT2D eigenvalue weighted by Gasteiger charge is 2.50. The average Bonchev–Trinajstić information content (AvgIpc) is 3.51. The van der Waals surface area contributed by atoms with Crippen LogP contribution in [0.4, 0.5) is 5.69 Å². The molecule has 5 N–H and O–H groups in total. The predicted molar refractivity (Wildman–Crippen MR) is 230 cm³/mol. The molecule has 0 aromatic heterocycles. The molecule has 1 saturated heterocycles. The van der Waals surface area contributed by atoms with Gasteiger partial charge in [0.15, 0.2) is 12.4 Å². The zero-order valence-electron chi connectivity index (χ0n) is 37.4. The first-order valence-corrected chi connectivity index (χ1v) is 21.3. The SMILES string of the molecule is CCN(C(=O)COc1cc2c(O)c3c(O)c(C)c4c(c13)C(=O)C(C)(O/C=C/C(OC)C(C)C(OC(C)=O)C(C)C(O)C(C)C(O)C(C)/C=C/C=C(\C)C(=O)N2)O4)N1CCCCC1. The van der Waals surface area contributed by atoms with E-state index >= 15 is 0 Å². The number of methoxy groups -OCH3 is 1. The van der Waals surface area contributed by atoms with Crippen molar-refractivity contribution in [1.29, 1.82) is 0 Å². The number of phenols is 2. The van der Waals surface area contributed by atoms with E-state index in [0.29, 0.717) is 19.6 Å². The second kappa shape index (κ2) is 19.9. The van der Waals surface area contributed by atoms with E-state index in [-0.39, 0.29) is 50.6 Å². The van der Waals surface area contributed by atoms with Crippen molar-refractivity contribution in [2.45, 2.75) is 112 Å². The lowest BCUT2D eigenvalue weighted by molar-refractivity contribution is -0.160. The second-order valence-corrected chi connectivity index (χ2v) is 16.8. The van der Waals surface area contributed by atoms with E-state index in [4.69, 9.17) is 23.7 Å². The Morgan fingerprint density at radius 3 is 2.27 bits per heavy atom. The van der Waals surface area contributed by atoms with Crippen molar-refractivity contribution in [2.24, 2.45) is 23.7 Å². The molecule has 5 bridgehead atoms. The lowest BCUT2D eigenvalue weighted by Crippen LogP contribution is -2.50. The standard InChI is InChI=1S/C46H63N3O13/c1-11-49(48-19-13-12-14-20-48)34(51)23-59-33-22-31-41(55)36-35(33)37-43(29(7)40(36)54)62-46(9,44(37)56)60-21-18-32(58-10)26(4)42(61-30(8)50)28(6)39(53)27(5)38(52)24(2)16-15-17-25(3)45(57)47-31/h15-18,21-22,24,26-28,32,38-39,42,52-55H,11-14,19-20,23H2,1-10H3,(H,47,57)/b16-15+,21-18+,25-17+. The van der Waals surface area contributed by atoms with Crippen molar-refractivity contribution in [2.75, 3.05) is 38.7 Å². The lowest BCUT2D eigenvalue weighted by Gasteiger charge is -2.38. The molecule has 0 radical (unpaired) electrons. The van der Waals surface area contributed by atoms with Crippen LogP contribution in [0.5, 0.6) is 23.0 Å². The van der Waals surface area contributed by atoms with Gasteiger partial charge in [0.05, 0.1) is 41.2 Å². The lowest BCUT2D eigenvalue weighted by atomic mass is 9.78. The van der Waals surface area contributed by atoms with Gasteiger partial charge in [0.1, 0.15) is 23.4 Å². The Hall–Kier alpha value is -5.16. The summed E-state index contributed by atoms with van der Waals surface area (Å²) in [6.07, 6.45) is 6.57. The smallest absolute Gasteiger partial charge is 0.312 e. The number of carbonyl (C=O) groups is 4. The third-order valence-electron chi connectivity index (χ3n) is 12.4. The van der Waals surface area contributed by atoms with Crippen LogP contribution in [0.2, 0.25) is 0 Å². The zero-order valence-corrected chi connectivity index (χ0v) is 37.4. The maximum absolute atomic E-state index is 14.6. The molecule has 4 aliphatic rings. The number of nitrogens with zero attached hydrogens (tertiary/aromatic N) is 2. The molecule has 2 aromatic carbocycles. The van der Waals surface area contributed by atoms with Crippen molar-refractivity contribution in [3.8, 4) is 23.0 Å². The molecule has 0 aliphatic carbocycles. The summed E-state index contributed by atoms with van der Waals surface area (Å²) in [6.45, 7) is 15.8. The maximum atomic E-state index is 14.6. The fraction of sp³-hybridized carbons (Fsp3) is 0.565. The van der Waals surface area contributed by atoms with Crippen molar-refractivity contribution >= 4 is 40.0 Å². The molecule has 6 rings (SSSR count). The summed E-state index contributed by atoms with van der Waals surface area (Å²) in [5.74, 6) is -8.00. The molecule has 1 fully saturated rings. The van der Waals surface area contributed by atoms with E-state index in [9.17, 15) is 39.6 Å². The van der Waals surface area contributed by atoms with Crippen molar-refractivity contribution < 1.29 is 63.3 Å². The highest BCUT2D eigenvalue weighted by atomic mass is 16.7. The largest absolute Gasteiger partial charge is 0.507 e. The molecule has 0 spiro atoms. The number of fused-ring (bicyclic) bond motifs is 14. The van der Waals surface area contributed by atoms with Crippen LogP contribution in [0.25, 0.3) is 10.8 Å². The van der Waals surface area contributed by atoms with Gasteiger partial charge in [-0.05, 0) is 39.7 Å². The average molecular weight is 866 g/mol. The van der Waals surface area contributed by atoms with Crippen molar-refractivity contribution in [1.82, 2.24) is 10.0 Å². The quantitative estimate of drug-likeness (QED) is 0.168. The molecule has 340 valence electrons. The number of benzene rings is 2. The number of hydrogen-bond acceptors (Lipinski definition) is 14. The maximum Gasteiger partial charge on any atom is 0.312 e. The number of nitrogens with one attached hydrogen (secondary N) is 1. The van der Waals surface area contributed by atoms with Gasteiger partial charge in [-0.15, -0.1) is 0 Å². The number of amides is 2. The molecular weight excluding hydrogens is 803 g/mol. The zero-order chi connectivity index (χ0) is 45.8. The molecule has 62 heavy (non-hydrogen) atoms. The topological polar surface area (TPSA) is 214 Å². The van der Waals surface area contributed by atoms with E-state index in [1.165, 1.54) is 59.3 Å². The van der Waals surface area contributed by atoms with Crippen LogP contribution in [-0.4, -0.2) is 118 Å². The predicted octanol–water partition coefficient (Wildman–Crippen LogP) is 5.68. The minimum atomic E-state index is -2.03. The monoisotopic (exact) mass is 865 g/mol. The van der Waals surface area contributed by atoms with Gasteiger partial charge >= 0.3 is 11.8 Å². The number of piperidine rings is 1. The summed E-state index contributed by atoms with van der Waals surface area (Å²) in [4.78, 5) is 54.3. The third kappa shape index (κ3) is 9.73. The molecule has 9 unspecified atom stereocenters. The van der Waals surface area contributed by atoms with Crippen LogP contribution in [0.1, 0.15) is 90.6 Å². The molecule has 16 nitrogen and oxygen atoms in total. The fourth-order valence-electron chi connectivity index (χ4n) is 8.62. The summed E-state index contributed by atoms with van der Waals surface area (Å²) >= 11 is 0. The summed E-state index contributed by atoms with van der Waals surface area (Å²) in [5.41, 5.74) is 0.00879. The number of anilines is 1. The Kier molecular flexibility index (Phi) is 15.4. The van der Waals surface area contributed by atoms with Gasteiger partial charge in [-0.25, -0.2) is 5.01 Å². The number of allylic oxidation sites excluding steroid dienone is 2. The van der Waals surface area contributed by atoms with Crippen molar-refractivity contribution in [3.63, 3.8) is 0 Å². The van der Waals surface area contributed by atoms with Crippen LogP contribution in [0.15, 0.2) is 42.2 Å². The molecule has 2 amide bonds. The molecular formula is C46H63N3O13. The number of esters is 1. The van der Waals surface area contributed by atoms with E-state index in [1.54, 1.807) is 44.9 Å². The van der Waals surface area contributed by atoms with Crippen LogP contribution < -0.4 is 14.8 Å². The number of likely N-dealkylation sites (N-methyl/N-ethyl adjacent to an activating group) is 1. The number of carbonyl (C=O) groups excluding carboxylic acids is 4. The highest BCUT2D eigenvalue weighted by molar-refractivity contribution is 6.21. The third-order valence-corrected chi connectivity index (χ3v) is 12.4. The van der Waals surface area contributed by atoms with Crippen LogP contribution in [0, 0.1) is 30.6 Å². The van der Waals surface area contributed by atoms with E-state index in [1.807, 2.05) is 11.9 Å². The molecule has 4 heterocycles. The van der Waals surface area contributed by atoms with Gasteiger partial charge in [0.2, 0.25) is 0 Å². The summed E-state index contributed by atoms with van der Waals surface area (Å²) in [7, 11) is 1.44. The van der Waals surface area contributed by atoms with Crippen molar-refractivity contribution in [3.05, 3.63) is 53.3 Å². The van der Waals surface area contributed by atoms with E-state index in [0.717, 1.165) is 19.3 Å². The number of Topliss-reactive ketones (excluding diaryl/α,β-unsaturated/α-hetero) is 1. The first-order valence-electron chi connectivity index (χ1n) is 21.3. The molecule has 0 saturated carbocycles. The fourth-order valence-corrected chi connectivity index (χ4v) is 8.62. The summed E-state index contributed by atoms with van der Waals surface area (Å²) in [5, 5.41) is 52.3. The van der Waals surface area contributed by atoms with Crippen LogP contribution in [-0.2, 0) is 28.6 Å². The number of ketones is 1. The Morgan fingerprint density at radius 2 is 1.65 bits per heavy atom. The first kappa shape index (κ1) is 47.9. The van der Waals surface area contributed by atoms with Gasteiger partial charge in [-0.1, -0.05) is 52.3 Å². The minimum Gasteiger partial charge on any atom is -0.507 e. The Bertz CT molecular complexity index is 2110. The van der Waals surface area contributed by atoms with Crippen LogP contribution in [0.3, 0.4) is 0 Å². The molecule has 2 aromatic rings.